The number of hydrogen-bond acceptors (Lipinski definition) is 3. The van der Waals surface area contributed by atoms with Crippen LogP contribution < -0.4 is 0 Å². The van der Waals surface area contributed by atoms with Crippen molar-refractivity contribution in [2.75, 3.05) is 6.54 Å². The molecule has 1 rings (SSSR count). The lowest BCUT2D eigenvalue weighted by molar-refractivity contribution is -0.111. The Kier molecular flexibility index (Phi) is 3.37. The summed E-state index contributed by atoms with van der Waals surface area (Å²) in [5.74, 6) is 0.368. The van der Waals surface area contributed by atoms with Gasteiger partial charge in [-0.3, -0.25) is 4.90 Å². The van der Waals surface area contributed by atoms with Gasteiger partial charge in [0, 0.05) is 6.54 Å². The van der Waals surface area contributed by atoms with Crippen LogP contribution >= 0.6 is 0 Å². The van der Waals surface area contributed by atoms with Crippen molar-refractivity contribution in [1.82, 2.24) is 4.90 Å². The summed E-state index contributed by atoms with van der Waals surface area (Å²) in [5, 5.41) is 0. The minimum atomic E-state index is -0.504. The molecule has 1 amide bonds. The van der Waals surface area contributed by atoms with Crippen molar-refractivity contribution in [2.24, 2.45) is 5.92 Å². The first kappa shape index (κ1) is 12.0. The lowest BCUT2D eigenvalue weighted by atomic mass is 10.1. The number of rotatable bonds is 1. The molecule has 0 spiro atoms. The van der Waals surface area contributed by atoms with Gasteiger partial charge in [-0.25, -0.2) is 4.79 Å². The molecule has 0 aromatic rings. The number of hydrogen-bond donors (Lipinski definition) is 0. The van der Waals surface area contributed by atoms with Gasteiger partial charge in [0.2, 0.25) is 0 Å². The van der Waals surface area contributed by atoms with Gasteiger partial charge in [-0.1, -0.05) is 6.92 Å². The quantitative estimate of drug-likeness (QED) is 0.624. The summed E-state index contributed by atoms with van der Waals surface area (Å²) in [6.07, 6.45) is 1.18. The summed E-state index contributed by atoms with van der Waals surface area (Å²) in [6, 6.07) is -0.310. The Morgan fingerprint density at radius 2 is 2.07 bits per heavy atom. The highest BCUT2D eigenvalue weighted by Gasteiger charge is 2.35. The molecule has 86 valence electrons. The molecule has 1 aliphatic rings. The number of ether oxygens (including phenoxy) is 1. The molecule has 15 heavy (non-hydrogen) atoms. The van der Waals surface area contributed by atoms with Crippen molar-refractivity contribution < 1.29 is 14.3 Å². The minimum Gasteiger partial charge on any atom is -0.444 e. The predicted octanol–water partition coefficient (Wildman–Crippen LogP) is 1.83. The third kappa shape index (κ3) is 3.22. The normalized spacial score (nSPS) is 26.5. The Labute approximate surface area is 90.6 Å². The molecule has 1 fully saturated rings. The standard InChI is InChI=1S/C11H19NO3/c1-8-5-9(7-13)12(6-8)10(14)15-11(2,3)4/h7-9H,5-6H2,1-4H3/t8-,9+/m1/s1. The Balaban J connectivity index is 2.63. The minimum absolute atomic E-state index is 0.310. The highest BCUT2D eigenvalue weighted by Crippen LogP contribution is 2.23. The van der Waals surface area contributed by atoms with Gasteiger partial charge in [0.05, 0.1) is 6.04 Å². The maximum Gasteiger partial charge on any atom is 0.410 e. The molecular weight excluding hydrogens is 194 g/mol. The van der Waals surface area contributed by atoms with Gasteiger partial charge in [-0.15, -0.1) is 0 Å². The van der Waals surface area contributed by atoms with Crippen LogP contribution in [0.1, 0.15) is 34.1 Å². The molecule has 1 saturated heterocycles. The number of nitrogens with zero attached hydrogens (tertiary/aromatic N) is 1. The van der Waals surface area contributed by atoms with E-state index >= 15 is 0 Å². The fourth-order valence-corrected chi connectivity index (χ4v) is 1.74. The first-order valence-corrected chi connectivity index (χ1v) is 5.28. The Hall–Kier alpha value is -1.06. The van der Waals surface area contributed by atoms with E-state index in [9.17, 15) is 9.59 Å². The number of aldehydes is 1. The van der Waals surface area contributed by atoms with Crippen molar-refractivity contribution in [3.63, 3.8) is 0 Å². The third-order valence-electron chi connectivity index (χ3n) is 2.34. The third-order valence-corrected chi connectivity index (χ3v) is 2.34. The zero-order valence-electron chi connectivity index (χ0n) is 9.82. The average molecular weight is 213 g/mol. The highest BCUT2D eigenvalue weighted by molar-refractivity contribution is 5.74. The van der Waals surface area contributed by atoms with Gasteiger partial charge >= 0.3 is 6.09 Å². The van der Waals surface area contributed by atoms with Crippen LogP contribution in [-0.2, 0) is 9.53 Å². The van der Waals surface area contributed by atoms with Crippen LogP contribution in [0.2, 0.25) is 0 Å². The van der Waals surface area contributed by atoms with Crippen molar-refractivity contribution in [3.8, 4) is 0 Å². The van der Waals surface area contributed by atoms with Crippen molar-refractivity contribution in [2.45, 2.75) is 45.8 Å². The average Bonchev–Trinajstić information content (AvgIpc) is 2.43. The summed E-state index contributed by atoms with van der Waals surface area (Å²) >= 11 is 0. The lowest BCUT2D eigenvalue weighted by Crippen LogP contribution is -2.40. The van der Waals surface area contributed by atoms with E-state index in [1.807, 2.05) is 27.7 Å². The van der Waals surface area contributed by atoms with Crippen LogP contribution in [0.4, 0.5) is 4.79 Å². The number of carbonyl (C=O) groups excluding carboxylic acids is 2. The van der Waals surface area contributed by atoms with Crippen molar-refractivity contribution in [3.05, 3.63) is 0 Å². The summed E-state index contributed by atoms with van der Waals surface area (Å²) in [7, 11) is 0. The Morgan fingerprint density at radius 1 is 1.47 bits per heavy atom. The fourth-order valence-electron chi connectivity index (χ4n) is 1.74. The van der Waals surface area contributed by atoms with Crippen molar-refractivity contribution >= 4 is 12.4 Å². The van der Waals surface area contributed by atoms with Gasteiger partial charge in [-0.05, 0) is 33.1 Å². The van der Waals surface area contributed by atoms with E-state index in [2.05, 4.69) is 0 Å². The Morgan fingerprint density at radius 3 is 2.53 bits per heavy atom. The van der Waals surface area contributed by atoms with Gasteiger partial charge in [-0.2, -0.15) is 0 Å². The Bertz CT molecular complexity index is 257. The van der Waals surface area contributed by atoms with Crippen LogP contribution in [0.5, 0.6) is 0 Å². The fraction of sp³-hybridized carbons (Fsp3) is 0.818. The first-order chi connectivity index (χ1) is 6.83. The summed E-state index contributed by atoms with van der Waals surface area (Å²) in [5.41, 5.74) is -0.504. The van der Waals surface area contributed by atoms with Crippen molar-refractivity contribution in [1.29, 1.82) is 0 Å². The molecule has 0 aromatic heterocycles. The van der Waals surface area contributed by atoms with Crippen LogP contribution in [0, 0.1) is 5.92 Å². The molecule has 1 aliphatic heterocycles. The van der Waals surface area contributed by atoms with E-state index < -0.39 is 5.60 Å². The summed E-state index contributed by atoms with van der Waals surface area (Å²) in [6.45, 7) is 8.10. The van der Waals surface area contributed by atoms with Gasteiger partial charge in [0.15, 0.2) is 0 Å². The van der Waals surface area contributed by atoms with E-state index in [1.165, 1.54) is 4.90 Å². The molecular formula is C11H19NO3. The molecule has 2 atom stereocenters. The van der Waals surface area contributed by atoms with Crippen LogP contribution in [0.3, 0.4) is 0 Å². The maximum atomic E-state index is 11.7. The first-order valence-electron chi connectivity index (χ1n) is 5.28. The second-order valence-corrected chi connectivity index (χ2v) is 5.18. The number of amides is 1. The molecule has 0 aliphatic carbocycles. The van der Waals surface area contributed by atoms with E-state index in [4.69, 9.17) is 4.74 Å². The predicted molar refractivity (Wildman–Crippen MR) is 56.6 cm³/mol. The molecule has 0 unspecified atom stereocenters. The van der Waals surface area contributed by atoms with E-state index in [0.717, 1.165) is 12.7 Å². The molecule has 4 heteroatoms. The zero-order valence-corrected chi connectivity index (χ0v) is 9.82. The molecule has 1 heterocycles. The van der Waals surface area contributed by atoms with E-state index in [1.54, 1.807) is 0 Å². The molecule has 0 bridgehead atoms. The number of carbonyl (C=O) groups is 2. The van der Waals surface area contributed by atoms with Gasteiger partial charge in [0.1, 0.15) is 11.9 Å². The largest absolute Gasteiger partial charge is 0.444 e. The van der Waals surface area contributed by atoms with E-state index in [0.29, 0.717) is 12.5 Å². The smallest absolute Gasteiger partial charge is 0.410 e. The molecule has 0 N–H and O–H groups in total. The zero-order chi connectivity index (χ0) is 11.6. The SMILES string of the molecule is C[C@@H]1C[C@@H](C=O)N(C(=O)OC(C)(C)C)C1. The second kappa shape index (κ2) is 4.21. The maximum absolute atomic E-state index is 11.7. The summed E-state index contributed by atoms with van der Waals surface area (Å²) in [4.78, 5) is 24.0. The molecule has 0 aromatic carbocycles. The second-order valence-electron chi connectivity index (χ2n) is 5.18. The van der Waals surface area contributed by atoms with Crippen LogP contribution in [0.15, 0.2) is 0 Å². The monoisotopic (exact) mass is 213 g/mol. The van der Waals surface area contributed by atoms with Gasteiger partial charge < -0.3 is 9.53 Å². The topological polar surface area (TPSA) is 46.6 Å². The van der Waals surface area contributed by atoms with Crippen LogP contribution in [0.25, 0.3) is 0 Å². The van der Waals surface area contributed by atoms with E-state index in [-0.39, 0.29) is 12.1 Å². The number of likely N-dealkylation sites (tertiary alicyclic amines) is 1. The molecule has 0 saturated carbocycles. The van der Waals surface area contributed by atoms with Gasteiger partial charge in [0.25, 0.3) is 0 Å². The molecule has 0 radical (unpaired) electrons. The highest BCUT2D eigenvalue weighted by atomic mass is 16.6. The molecule has 4 nitrogen and oxygen atoms in total. The summed E-state index contributed by atoms with van der Waals surface area (Å²) < 4.78 is 5.23. The lowest BCUT2D eigenvalue weighted by Gasteiger charge is -2.26. The van der Waals surface area contributed by atoms with Crippen LogP contribution in [-0.4, -0.2) is 35.5 Å².